The highest BCUT2D eigenvalue weighted by molar-refractivity contribution is 7.05. The van der Waals surface area contributed by atoms with Crippen molar-refractivity contribution >= 4 is 11.5 Å². The van der Waals surface area contributed by atoms with Crippen LogP contribution >= 0.6 is 11.5 Å². The van der Waals surface area contributed by atoms with Gasteiger partial charge in [0.15, 0.2) is 0 Å². The van der Waals surface area contributed by atoms with Crippen molar-refractivity contribution < 1.29 is 5.11 Å². The highest BCUT2D eigenvalue weighted by Gasteiger charge is 2.28. The Hall–Kier alpha value is -0.450. The van der Waals surface area contributed by atoms with E-state index in [2.05, 4.69) is 4.37 Å². The molecule has 0 bridgehead atoms. The van der Waals surface area contributed by atoms with Crippen LogP contribution in [0.3, 0.4) is 0 Å². The summed E-state index contributed by atoms with van der Waals surface area (Å²) in [5.74, 6) is 0. The van der Waals surface area contributed by atoms with Gasteiger partial charge in [-0.05, 0) is 24.5 Å². The van der Waals surface area contributed by atoms with E-state index in [1.165, 1.54) is 11.5 Å². The summed E-state index contributed by atoms with van der Waals surface area (Å²) in [6, 6.07) is 1.91. The fraction of sp³-hybridized carbons (Fsp3) is 0.667. The molecule has 0 aromatic carbocycles. The molecule has 0 spiro atoms. The van der Waals surface area contributed by atoms with Gasteiger partial charge in [-0.25, -0.2) is 0 Å². The predicted octanol–water partition coefficient (Wildman–Crippen LogP) is 1.47. The van der Waals surface area contributed by atoms with Crippen molar-refractivity contribution in [2.24, 2.45) is 11.1 Å². The van der Waals surface area contributed by atoms with E-state index in [9.17, 15) is 5.11 Å². The topological polar surface area (TPSA) is 59.1 Å². The van der Waals surface area contributed by atoms with Gasteiger partial charge in [-0.15, -0.1) is 0 Å². The van der Waals surface area contributed by atoms with E-state index in [4.69, 9.17) is 5.73 Å². The van der Waals surface area contributed by atoms with Crippen molar-refractivity contribution in [1.29, 1.82) is 0 Å². The van der Waals surface area contributed by atoms with Crippen molar-refractivity contribution in [3.05, 3.63) is 16.6 Å². The lowest BCUT2D eigenvalue weighted by Crippen LogP contribution is -2.30. The van der Waals surface area contributed by atoms with E-state index in [0.717, 1.165) is 10.6 Å². The molecule has 74 valence electrons. The monoisotopic (exact) mass is 200 g/mol. The first kappa shape index (κ1) is 10.6. The molecular weight excluding hydrogens is 184 g/mol. The second kappa shape index (κ2) is 3.74. The molecule has 4 heteroatoms. The fourth-order valence-corrected chi connectivity index (χ4v) is 1.95. The fourth-order valence-electron chi connectivity index (χ4n) is 1.01. The normalized spacial score (nSPS) is 14.5. The quantitative estimate of drug-likeness (QED) is 0.776. The zero-order valence-corrected chi connectivity index (χ0v) is 9.06. The molecule has 1 rings (SSSR count). The van der Waals surface area contributed by atoms with Gasteiger partial charge in [0.25, 0.3) is 0 Å². The van der Waals surface area contributed by atoms with Gasteiger partial charge in [0.1, 0.15) is 0 Å². The number of hydrogen-bond acceptors (Lipinski definition) is 4. The summed E-state index contributed by atoms with van der Waals surface area (Å²) in [5.41, 5.74) is 6.25. The van der Waals surface area contributed by atoms with Crippen LogP contribution in [-0.4, -0.2) is 16.0 Å². The maximum absolute atomic E-state index is 9.95. The Bertz CT molecular complexity index is 283. The first-order chi connectivity index (χ1) is 5.97. The van der Waals surface area contributed by atoms with Crippen molar-refractivity contribution in [2.45, 2.75) is 26.9 Å². The molecule has 3 nitrogen and oxygen atoms in total. The second-order valence-electron chi connectivity index (χ2n) is 3.97. The van der Waals surface area contributed by atoms with Crippen LogP contribution in [0.1, 0.15) is 30.5 Å². The van der Waals surface area contributed by atoms with Crippen LogP contribution in [-0.2, 0) is 0 Å². The summed E-state index contributed by atoms with van der Waals surface area (Å²) < 4.78 is 4.13. The molecule has 0 saturated heterocycles. The summed E-state index contributed by atoms with van der Waals surface area (Å²) in [5, 5.41) is 9.95. The van der Waals surface area contributed by atoms with E-state index in [-0.39, 0.29) is 5.41 Å². The summed E-state index contributed by atoms with van der Waals surface area (Å²) in [7, 11) is 0. The number of aliphatic hydroxyl groups excluding tert-OH is 1. The Kier molecular flexibility index (Phi) is 3.05. The van der Waals surface area contributed by atoms with Crippen molar-refractivity contribution in [1.82, 2.24) is 4.37 Å². The number of aryl methyl sites for hydroxylation is 1. The third-order valence-corrected chi connectivity index (χ3v) is 3.11. The third-order valence-electron chi connectivity index (χ3n) is 2.18. The second-order valence-corrected chi connectivity index (χ2v) is 4.80. The lowest BCUT2D eigenvalue weighted by Gasteiger charge is -2.27. The molecular formula is C9H16N2OS. The molecule has 13 heavy (non-hydrogen) atoms. The molecule has 0 aliphatic rings. The molecule has 1 aromatic heterocycles. The third kappa shape index (κ3) is 2.27. The lowest BCUT2D eigenvalue weighted by atomic mass is 9.86. The highest BCUT2D eigenvalue weighted by Crippen LogP contribution is 2.34. The molecule has 0 aliphatic carbocycles. The number of nitrogens with zero attached hydrogens (tertiary/aromatic N) is 1. The van der Waals surface area contributed by atoms with Gasteiger partial charge in [0.2, 0.25) is 0 Å². The molecule has 0 aliphatic heterocycles. The Labute approximate surface area is 82.8 Å². The summed E-state index contributed by atoms with van der Waals surface area (Å²) in [6.07, 6.45) is -0.510. The molecule has 1 aromatic rings. The van der Waals surface area contributed by atoms with Crippen LogP contribution in [0.4, 0.5) is 0 Å². The molecule has 0 radical (unpaired) electrons. The maximum Gasteiger partial charge on any atom is 0.0960 e. The first-order valence-electron chi connectivity index (χ1n) is 4.29. The number of aliphatic hydroxyl groups is 1. The van der Waals surface area contributed by atoms with Gasteiger partial charge in [0.05, 0.1) is 16.7 Å². The Morgan fingerprint density at radius 3 is 2.69 bits per heavy atom. The van der Waals surface area contributed by atoms with Crippen molar-refractivity contribution in [3.8, 4) is 0 Å². The largest absolute Gasteiger partial charge is 0.387 e. The van der Waals surface area contributed by atoms with E-state index in [1.807, 2.05) is 26.8 Å². The van der Waals surface area contributed by atoms with Crippen LogP contribution in [0.15, 0.2) is 6.07 Å². The Morgan fingerprint density at radius 2 is 2.31 bits per heavy atom. The zero-order valence-electron chi connectivity index (χ0n) is 8.24. The molecule has 1 heterocycles. The minimum atomic E-state index is -0.510. The highest BCUT2D eigenvalue weighted by atomic mass is 32.1. The van der Waals surface area contributed by atoms with E-state index in [0.29, 0.717) is 6.54 Å². The minimum Gasteiger partial charge on any atom is -0.387 e. The summed E-state index contributed by atoms with van der Waals surface area (Å²) in [4.78, 5) is 0.896. The minimum absolute atomic E-state index is 0.279. The van der Waals surface area contributed by atoms with Crippen molar-refractivity contribution in [2.75, 3.05) is 6.54 Å². The first-order valence-corrected chi connectivity index (χ1v) is 5.06. The van der Waals surface area contributed by atoms with Crippen LogP contribution in [0.25, 0.3) is 0 Å². The molecule has 0 fully saturated rings. The van der Waals surface area contributed by atoms with Crippen LogP contribution in [0, 0.1) is 12.3 Å². The SMILES string of the molecule is Cc1cc(C(O)C(C)(C)CN)sn1. The van der Waals surface area contributed by atoms with E-state index >= 15 is 0 Å². The smallest absolute Gasteiger partial charge is 0.0960 e. The lowest BCUT2D eigenvalue weighted by molar-refractivity contribution is 0.0585. The maximum atomic E-state index is 9.95. The molecule has 1 unspecified atom stereocenters. The molecule has 0 amide bonds. The van der Waals surface area contributed by atoms with Crippen LogP contribution in [0.2, 0.25) is 0 Å². The summed E-state index contributed by atoms with van der Waals surface area (Å²) in [6.45, 7) is 6.28. The molecule has 3 N–H and O–H groups in total. The number of hydrogen-bond donors (Lipinski definition) is 2. The van der Waals surface area contributed by atoms with Gasteiger partial charge in [-0.1, -0.05) is 13.8 Å². The molecule has 0 saturated carbocycles. The average molecular weight is 200 g/mol. The van der Waals surface area contributed by atoms with Gasteiger partial charge in [-0.3, -0.25) is 0 Å². The van der Waals surface area contributed by atoms with Gasteiger partial charge >= 0.3 is 0 Å². The Balaban J connectivity index is 2.84. The van der Waals surface area contributed by atoms with Crippen LogP contribution in [0.5, 0.6) is 0 Å². The van der Waals surface area contributed by atoms with Gasteiger partial charge in [-0.2, -0.15) is 4.37 Å². The van der Waals surface area contributed by atoms with E-state index < -0.39 is 6.10 Å². The Morgan fingerprint density at radius 1 is 1.69 bits per heavy atom. The molecule has 1 atom stereocenters. The standard InChI is InChI=1S/C9H16N2OS/c1-6-4-7(13-11-6)8(12)9(2,3)5-10/h4,8,12H,5,10H2,1-3H3. The zero-order chi connectivity index (χ0) is 10.1. The number of nitrogens with two attached hydrogens (primary N) is 1. The van der Waals surface area contributed by atoms with Crippen LogP contribution < -0.4 is 5.73 Å². The number of aromatic nitrogens is 1. The van der Waals surface area contributed by atoms with Gasteiger partial charge < -0.3 is 10.8 Å². The van der Waals surface area contributed by atoms with Gasteiger partial charge in [0, 0.05) is 12.0 Å². The van der Waals surface area contributed by atoms with Crippen molar-refractivity contribution in [3.63, 3.8) is 0 Å². The number of rotatable bonds is 3. The average Bonchev–Trinajstić information content (AvgIpc) is 2.50. The summed E-state index contributed by atoms with van der Waals surface area (Å²) >= 11 is 1.34. The van der Waals surface area contributed by atoms with E-state index in [1.54, 1.807) is 0 Å². The predicted molar refractivity (Wildman–Crippen MR) is 54.6 cm³/mol.